The molecule has 0 aliphatic heterocycles. The Bertz CT molecular complexity index is 609. The summed E-state index contributed by atoms with van der Waals surface area (Å²) in [7, 11) is 3.60. The van der Waals surface area contributed by atoms with Gasteiger partial charge in [-0.15, -0.1) is 0 Å². The van der Waals surface area contributed by atoms with Gasteiger partial charge in [-0.1, -0.05) is 17.3 Å². The average molecular weight is 286 g/mol. The van der Waals surface area contributed by atoms with E-state index in [0.717, 1.165) is 23.7 Å². The summed E-state index contributed by atoms with van der Waals surface area (Å²) in [5.41, 5.74) is 7.24. The Hall–Kier alpha value is -2.76. The predicted octanol–water partition coefficient (Wildman–Crippen LogP) is 1.82. The zero-order valence-electron chi connectivity index (χ0n) is 12.0. The van der Waals surface area contributed by atoms with Gasteiger partial charge in [0, 0.05) is 25.4 Å². The van der Waals surface area contributed by atoms with Crippen molar-refractivity contribution in [1.82, 2.24) is 4.98 Å². The number of anilines is 1. The summed E-state index contributed by atoms with van der Waals surface area (Å²) in [6, 6.07) is 11.5. The maximum Gasteiger partial charge on any atom is 0.171 e. The van der Waals surface area contributed by atoms with E-state index >= 15 is 0 Å². The van der Waals surface area contributed by atoms with Gasteiger partial charge < -0.3 is 20.6 Å². The Morgan fingerprint density at radius 3 is 2.52 bits per heavy atom. The standard InChI is InChI=1S/C15H18N4O2/c1-19(10-11-3-6-13(21-2)7-4-11)14-8-5-12(9-17-14)15(16)18-20/h3-9,20H,10H2,1-2H3,(H2,16,18). The van der Waals surface area contributed by atoms with Crippen LogP contribution in [0.1, 0.15) is 11.1 Å². The second kappa shape index (κ2) is 6.60. The van der Waals surface area contributed by atoms with Crippen LogP contribution >= 0.6 is 0 Å². The monoisotopic (exact) mass is 286 g/mol. The van der Waals surface area contributed by atoms with Crippen LogP contribution in [0.25, 0.3) is 0 Å². The third-order valence-electron chi connectivity index (χ3n) is 3.12. The van der Waals surface area contributed by atoms with Crippen LogP contribution < -0.4 is 15.4 Å². The molecule has 0 bridgehead atoms. The average Bonchev–Trinajstić information content (AvgIpc) is 2.55. The van der Waals surface area contributed by atoms with Gasteiger partial charge in [0.25, 0.3) is 0 Å². The van der Waals surface area contributed by atoms with Crippen LogP contribution in [0.15, 0.2) is 47.8 Å². The molecule has 0 atom stereocenters. The summed E-state index contributed by atoms with van der Waals surface area (Å²) in [5.74, 6) is 1.69. The third kappa shape index (κ3) is 3.62. The molecule has 0 aliphatic rings. The molecule has 0 spiro atoms. The molecule has 1 heterocycles. The highest BCUT2D eigenvalue weighted by Gasteiger charge is 2.05. The Labute approximate surface area is 123 Å². The minimum Gasteiger partial charge on any atom is -0.497 e. The molecule has 0 radical (unpaired) electrons. The van der Waals surface area contributed by atoms with E-state index in [1.54, 1.807) is 19.4 Å². The fraction of sp³-hybridized carbons (Fsp3) is 0.200. The SMILES string of the molecule is COc1ccc(CN(C)c2ccc(C(N)=NO)cn2)cc1. The van der Waals surface area contributed by atoms with E-state index in [-0.39, 0.29) is 5.84 Å². The van der Waals surface area contributed by atoms with Gasteiger partial charge in [0.05, 0.1) is 7.11 Å². The van der Waals surface area contributed by atoms with Crippen LogP contribution in [-0.2, 0) is 6.54 Å². The first-order chi connectivity index (χ1) is 10.1. The number of aromatic nitrogens is 1. The van der Waals surface area contributed by atoms with E-state index in [1.165, 1.54) is 0 Å². The van der Waals surface area contributed by atoms with Crippen molar-refractivity contribution in [3.05, 3.63) is 53.7 Å². The molecular weight excluding hydrogens is 268 g/mol. The van der Waals surface area contributed by atoms with E-state index in [9.17, 15) is 0 Å². The molecule has 0 saturated carbocycles. The van der Waals surface area contributed by atoms with E-state index in [2.05, 4.69) is 10.1 Å². The van der Waals surface area contributed by atoms with Crippen LogP contribution in [0.4, 0.5) is 5.82 Å². The van der Waals surface area contributed by atoms with E-state index in [4.69, 9.17) is 15.7 Å². The zero-order chi connectivity index (χ0) is 15.2. The lowest BCUT2D eigenvalue weighted by molar-refractivity contribution is 0.318. The Balaban J connectivity index is 2.07. The van der Waals surface area contributed by atoms with Crippen LogP contribution in [0.2, 0.25) is 0 Å². The molecule has 3 N–H and O–H groups in total. The third-order valence-corrected chi connectivity index (χ3v) is 3.12. The normalized spacial score (nSPS) is 11.2. The van der Waals surface area contributed by atoms with Crippen molar-refractivity contribution in [1.29, 1.82) is 0 Å². The first-order valence-corrected chi connectivity index (χ1v) is 6.42. The van der Waals surface area contributed by atoms with E-state index in [0.29, 0.717) is 5.56 Å². The van der Waals surface area contributed by atoms with Gasteiger partial charge in [-0.05, 0) is 29.8 Å². The predicted molar refractivity (Wildman–Crippen MR) is 81.8 cm³/mol. The molecule has 0 fully saturated rings. The number of methoxy groups -OCH3 is 1. The molecule has 2 rings (SSSR count). The van der Waals surface area contributed by atoms with E-state index in [1.807, 2.05) is 42.3 Å². The Morgan fingerprint density at radius 1 is 1.29 bits per heavy atom. The molecule has 0 unspecified atom stereocenters. The molecule has 110 valence electrons. The quantitative estimate of drug-likeness (QED) is 0.379. The second-order valence-corrected chi connectivity index (χ2v) is 4.59. The molecule has 6 nitrogen and oxygen atoms in total. The molecule has 0 amide bonds. The first-order valence-electron chi connectivity index (χ1n) is 6.42. The molecule has 1 aromatic carbocycles. The van der Waals surface area contributed by atoms with Gasteiger partial charge in [-0.25, -0.2) is 4.98 Å². The second-order valence-electron chi connectivity index (χ2n) is 4.59. The molecular formula is C15H18N4O2. The summed E-state index contributed by atoms with van der Waals surface area (Å²) in [6.07, 6.45) is 1.58. The van der Waals surface area contributed by atoms with Crippen molar-refractivity contribution in [2.45, 2.75) is 6.54 Å². The molecule has 0 aliphatic carbocycles. The van der Waals surface area contributed by atoms with Gasteiger partial charge in [0.15, 0.2) is 5.84 Å². The van der Waals surface area contributed by atoms with Crippen LogP contribution in [0.5, 0.6) is 5.75 Å². The number of ether oxygens (including phenoxy) is 1. The number of amidine groups is 1. The minimum absolute atomic E-state index is 0.0480. The summed E-state index contributed by atoms with van der Waals surface area (Å²) >= 11 is 0. The highest BCUT2D eigenvalue weighted by molar-refractivity contribution is 5.96. The van der Waals surface area contributed by atoms with Crippen molar-refractivity contribution in [2.75, 3.05) is 19.1 Å². The maximum atomic E-state index is 8.62. The molecule has 0 saturated heterocycles. The lowest BCUT2D eigenvalue weighted by atomic mass is 10.2. The number of nitrogens with two attached hydrogens (primary N) is 1. The largest absolute Gasteiger partial charge is 0.497 e. The molecule has 2 aromatic rings. The van der Waals surface area contributed by atoms with Gasteiger partial charge in [0.1, 0.15) is 11.6 Å². The summed E-state index contributed by atoms with van der Waals surface area (Å²) in [4.78, 5) is 6.32. The van der Waals surface area contributed by atoms with Crippen molar-refractivity contribution < 1.29 is 9.94 Å². The summed E-state index contributed by atoms with van der Waals surface area (Å²) < 4.78 is 5.14. The number of nitrogens with zero attached hydrogens (tertiary/aromatic N) is 3. The highest BCUT2D eigenvalue weighted by Crippen LogP contribution is 2.16. The van der Waals surface area contributed by atoms with Crippen LogP contribution in [-0.4, -0.2) is 30.2 Å². The Kier molecular flexibility index (Phi) is 4.61. The smallest absolute Gasteiger partial charge is 0.171 e. The molecule has 21 heavy (non-hydrogen) atoms. The summed E-state index contributed by atoms with van der Waals surface area (Å²) in [6.45, 7) is 0.722. The minimum atomic E-state index is 0.0480. The number of hydrogen-bond donors (Lipinski definition) is 2. The van der Waals surface area contributed by atoms with Gasteiger partial charge in [-0.3, -0.25) is 0 Å². The van der Waals surface area contributed by atoms with E-state index < -0.39 is 0 Å². The number of rotatable bonds is 5. The number of benzene rings is 1. The van der Waals surface area contributed by atoms with Gasteiger partial charge in [0.2, 0.25) is 0 Å². The van der Waals surface area contributed by atoms with Gasteiger partial charge in [-0.2, -0.15) is 0 Å². The van der Waals surface area contributed by atoms with Crippen LogP contribution in [0.3, 0.4) is 0 Å². The lowest BCUT2D eigenvalue weighted by Crippen LogP contribution is -2.19. The fourth-order valence-electron chi connectivity index (χ4n) is 1.91. The fourth-order valence-corrected chi connectivity index (χ4v) is 1.91. The van der Waals surface area contributed by atoms with Crippen molar-refractivity contribution in [2.24, 2.45) is 10.9 Å². The first kappa shape index (κ1) is 14.6. The summed E-state index contributed by atoms with van der Waals surface area (Å²) in [5, 5.41) is 11.6. The number of oxime groups is 1. The molecule has 1 aromatic heterocycles. The highest BCUT2D eigenvalue weighted by atomic mass is 16.5. The molecule has 6 heteroatoms. The zero-order valence-corrected chi connectivity index (χ0v) is 12.0. The van der Waals surface area contributed by atoms with Crippen LogP contribution in [0, 0.1) is 0 Å². The van der Waals surface area contributed by atoms with Crippen molar-refractivity contribution in [3.8, 4) is 5.75 Å². The Morgan fingerprint density at radius 2 is 2.00 bits per heavy atom. The number of pyridine rings is 1. The van der Waals surface area contributed by atoms with Gasteiger partial charge >= 0.3 is 0 Å². The number of hydrogen-bond acceptors (Lipinski definition) is 5. The van der Waals surface area contributed by atoms with Crippen molar-refractivity contribution in [3.63, 3.8) is 0 Å². The van der Waals surface area contributed by atoms with Crippen molar-refractivity contribution >= 4 is 11.7 Å². The lowest BCUT2D eigenvalue weighted by Gasteiger charge is -2.18. The topological polar surface area (TPSA) is 84.0 Å². The maximum absolute atomic E-state index is 8.62.